The number of pyridine rings is 3. The van der Waals surface area contributed by atoms with Gasteiger partial charge >= 0.3 is 0 Å². The number of ether oxygens (including phenoxy) is 1. The Balaban J connectivity index is 1.12. The summed E-state index contributed by atoms with van der Waals surface area (Å²) < 4.78 is 7.00. The highest BCUT2D eigenvalue weighted by molar-refractivity contribution is 5.86. The third-order valence-electron chi connectivity index (χ3n) is 8.94. The number of anilines is 2. The highest BCUT2D eigenvalue weighted by Gasteiger charge is 2.44. The average molecular weight is 579 g/mol. The standard InChI is InChI=1S/C33H38N8O2/c1-33(2,42)21-39(16-22-4-5-22)26-11-29(32-25(12-34)15-37-41(32)20-26)24-7-8-30(35-14-24)38-18-27-10-28(19-38)40(27)17-23-6-9-31(43-3)36-13-23/h6-9,11,13-15,20,22,27-28,42H,4-5,10,16-19,21H2,1-3H3. The molecular formula is C33H38N8O2. The summed E-state index contributed by atoms with van der Waals surface area (Å²) in [6.07, 6.45) is 11.1. The molecule has 222 valence electrons. The molecule has 0 amide bonds. The van der Waals surface area contributed by atoms with Crippen molar-refractivity contribution in [2.75, 3.05) is 43.1 Å². The summed E-state index contributed by atoms with van der Waals surface area (Å²) in [6, 6.07) is 13.7. The van der Waals surface area contributed by atoms with Gasteiger partial charge in [-0.3, -0.25) is 4.90 Å². The first-order valence-electron chi connectivity index (χ1n) is 15.1. The fourth-order valence-corrected chi connectivity index (χ4v) is 6.62. The van der Waals surface area contributed by atoms with Crippen LogP contribution in [0.5, 0.6) is 5.88 Å². The smallest absolute Gasteiger partial charge is 0.212 e. The number of hydrogen-bond acceptors (Lipinski definition) is 9. The molecule has 1 aliphatic carbocycles. The molecule has 1 N–H and O–H groups in total. The van der Waals surface area contributed by atoms with Gasteiger partial charge in [0.1, 0.15) is 11.9 Å². The lowest BCUT2D eigenvalue weighted by Gasteiger charge is -2.56. The van der Waals surface area contributed by atoms with E-state index in [-0.39, 0.29) is 0 Å². The normalized spacial score (nSPS) is 20.1. The molecule has 2 atom stereocenters. The third kappa shape index (κ3) is 5.63. The van der Waals surface area contributed by atoms with E-state index in [9.17, 15) is 10.4 Å². The number of fused-ring (bicyclic) bond motifs is 3. The first-order valence-corrected chi connectivity index (χ1v) is 15.1. The van der Waals surface area contributed by atoms with Crippen LogP contribution in [0.25, 0.3) is 16.6 Å². The van der Waals surface area contributed by atoms with Gasteiger partial charge in [0.15, 0.2) is 0 Å². The predicted molar refractivity (Wildman–Crippen MR) is 165 cm³/mol. The summed E-state index contributed by atoms with van der Waals surface area (Å²) in [7, 11) is 1.64. The van der Waals surface area contributed by atoms with E-state index in [1.807, 2.05) is 38.5 Å². The second-order valence-corrected chi connectivity index (χ2v) is 12.9. The van der Waals surface area contributed by atoms with Crippen molar-refractivity contribution in [2.24, 2.45) is 5.92 Å². The summed E-state index contributed by atoms with van der Waals surface area (Å²) in [6.45, 7) is 7.88. The summed E-state index contributed by atoms with van der Waals surface area (Å²) in [5.41, 5.74) is 4.52. The summed E-state index contributed by atoms with van der Waals surface area (Å²) in [5, 5.41) is 25.1. The van der Waals surface area contributed by atoms with Crippen molar-refractivity contribution >= 4 is 17.0 Å². The third-order valence-corrected chi connectivity index (χ3v) is 8.94. The Morgan fingerprint density at radius 2 is 1.91 bits per heavy atom. The van der Waals surface area contributed by atoms with Crippen molar-refractivity contribution in [1.82, 2.24) is 24.5 Å². The van der Waals surface area contributed by atoms with Gasteiger partial charge in [-0.05, 0) is 62.8 Å². The molecule has 2 bridgehead atoms. The Morgan fingerprint density at radius 1 is 1.09 bits per heavy atom. The van der Waals surface area contributed by atoms with Gasteiger partial charge in [0.05, 0.1) is 41.9 Å². The van der Waals surface area contributed by atoms with Crippen LogP contribution in [0.4, 0.5) is 11.5 Å². The summed E-state index contributed by atoms with van der Waals surface area (Å²) in [4.78, 5) is 16.5. The van der Waals surface area contributed by atoms with Crippen LogP contribution in [0.3, 0.4) is 0 Å². The SMILES string of the molecule is COc1ccc(CN2C3CC2CN(c2ccc(-c4cc(N(CC5CC5)CC(C)(C)O)cn5ncc(C#N)c45)cn2)C3)cn1. The van der Waals surface area contributed by atoms with Crippen molar-refractivity contribution in [3.63, 3.8) is 0 Å². The molecule has 0 spiro atoms. The number of rotatable bonds is 10. The van der Waals surface area contributed by atoms with E-state index in [1.54, 1.807) is 17.8 Å². The van der Waals surface area contributed by atoms with Crippen LogP contribution in [0.15, 0.2) is 55.1 Å². The second kappa shape index (κ2) is 10.8. The molecule has 3 aliphatic heterocycles. The van der Waals surface area contributed by atoms with Gasteiger partial charge in [0.2, 0.25) is 5.88 Å². The maximum Gasteiger partial charge on any atom is 0.212 e. The molecule has 3 saturated heterocycles. The van der Waals surface area contributed by atoms with Crippen molar-refractivity contribution < 1.29 is 9.84 Å². The van der Waals surface area contributed by atoms with Crippen LogP contribution in [-0.4, -0.2) is 80.6 Å². The highest BCUT2D eigenvalue weighted by atomic mass is 16.5. The van der Waals surface area contributed by atoms with E-state index in [0.717, 1.165) is 54.3 Å². The molecule has 4 aliphatic rings. The molecule has 10 nitrogen and oxygen atoms in total. The summed E-state index contributed by atoms with van der Waals surface area (Å²) >= 11 is 0. The number of aliphatic hydroxyl groups is 1. The molecular weight excluding hydrogens is 540 g/mol. The van der Waals surface area contributed by atoms with E-state index in [2.05, 4.69) is 55.1 Å². The Hall–Kier alpha value is -4.20. The van der Waals surface area contributed by atoms with Crippen LogP contribution in [0.2, 0.25) is 0 Å². The molecule has 1 saturated carbocycles. The monoisotopic (exact) mass is 578 g/mol. The number of methoxy groups -OCH3 is 1. The zero-order chi connectivity index (χ0) is 29.7. The van der Waals surface area contributed by atoms with Gasteiger partial charge in [-0.1, -0.05) is 6.07 Å². The minimum atomic E-state index is -0.842. The van der Waals surface area contributed by atoms with Gasteiger partial charge in [0, 0.05) is 74.4 Å². The lowest BCUT2D eigenvalue weighted by atomic mass is 9.87. The Morgan fingerprint density at radius 3 is 2.53 bits per heavy atom. The number of nitriles is 1. The second-order valence-electron chi connectivity index (χ2n) is 12.9. The first kappa shape index (κ1) is 27.6. The van der Waals surface area contributed by atoms with Crippen LogP contribution in [-0.2, 0) is 6.54 Å². The number of nitrogens with zero attached hydrogens (tertiary/aromatic N) is 8. The average Bonchev–Trinajstić information content (AvgIpc) is 3.74. The lowest BCUT2D eigenvalue weighted by molar-refractivity contribution is -0.00876. The van der Waals surface area contributed by atoms with E-state index in [0.29, 0.717) is 36.0 Å². The van der Waals surface area contributed by atoms with Crippen molar-refractivity contribution in [2.45, 2.75) is 57.3 Å². The molecule has 10 heteroatoms. The largest absolute Gasteiger partial charge is 0.481 e. The van der Waals surface area contributed by atoms with E-state index in [1.165, 1.54) is 24.8 Å². The molecule has 4 aromatic heterocycles. The van der Waals surface area contributed by atoms with Gasteiger partial charge < -0.3 is 19.6 Å². The topological polar surface area (TPSA) is 106 Å². The first-order chi connectivity index (χ1) is 20.8. The highest BCUT2D eigenvalue weighted by Crippen LogP contribution is 2.38. The maximum absolute atomic E-state index is 10.7. The molecule has 0 aromatic carbocycles. The van der Waals surface area contributed by atoms with Crippen molar-refractivity contribution in [3.8, 4) is 23.1 Å². The fraction of sp³-hybridized carbons (Fsp3) is 0.455. The van der Waals surface area contributed by atoms with Gasteiger partial charge in [-0.25, -0.2) is 14.5 Å². The summed E-state index contributed by atoms with van der Waals surface area (Å²) in [5.74, 6) is 2.26. The lowest BCUT2D eigenvalue weighted by Crippen LogP contribution is -2.68. The zero-order valence-corrected chi connectivity index (χ0v) is 25.0. The molecule has 7 heterocycles. The van der Waals surface area contributed by atoms with Crippen LogP contribution < -0.4 is 14.5 Å². The fourth-order valence-electron chi connectivity index (χ4n) is 6.62. The molecule has 4 fully saturated rings. The maximum atomic E-state index is 10.7. The number of aromatic nitrogens is 4. The van der Waals surface area contributed by atoms with E-state index >= 15 is 0 Å². The van der Waals surface area contributed by atoms with E-state index < -0.39 is 5.60 Å². The van der Waals surface area contributed by atoms with Crippen molar-refractivity contribution in [3.05, 3.63) is 66.2 Å². The molecule has 4 aromatic rings. The minimum Gasteiger partial charge on any atom is -0.481 e. The number of piperazine rings is 1. The quantitative estimate of drug-likeness (QED) is 0.297. The predicted octanol–water partition coefficient (Wildman–Crippen LogP) is 4.12. The Bertz CT molecular complexity index is 1640. The van der Waals surface area contributed by atoms with Crippen LogP contribution >= 0.6 is 0 Å². The Labute approximate surface area is 252 Å². The van der Waals surface area contributed by atoms with E-state index in [4.69, 9.17) is 9.72 Å². The minimum absolute atomic E-state index is 0.497. The molecule has 43 heavy (non-hydrogen) atoms. The van der Waals surface area contributed by atoms with Gasteiger partial charge in [-0.2, -0.15) is 10.4 Å². The van der Waals surface area contributed by atoms with Crippen molar-refractivity contribution in [1.29, 1.82) is 5.26 Å². The van der Waals surface area contributed by atoms with Gasteiger partial charge in [-0.15, -0.1) is 0 Å². The molecule has 8 rings (SSSR count). The van der Waals surface area contributed by atoms with Crippen LogP contribution in [0, 0.1) is 17.2 Å². The Kier molecular flexibility index (Phi) is 6.95. The zero-order valence-electron chi connectivity index (χ0n) is 25.0. The number of piperidine rings is 1. The molecule has 2 unspecified atom stereocenters. The molecule has 0 radical (unpaired) electrons. The number of hydrogen-bond donors (Lipinski definition) is 1. The van der Waals surface area contributed by atoms with Crippen LogP contribution in [0.1, 0.15) is 44.2 Å². The van der Waals surface area contributed by atoms with Gasteiger partial charge in [0.25, 0.3) is 0 Å².